The lowest BCUT2D eigenvalue weighted by molar-refractivity contribution is -0.164. The van der Waals surface area contributed by atoms with Gasteiger partial charge in [-0.3, -0.25) is 14.4 Å². The van der Waals surface area contributed by atoms with Gasteiger partial charge >= 0.3 is 11.9 Å². The zero-order valence-corrected chi connectivity index (χ0v) is 20.9. The van der Waals surface area contributed by atoms with Crippen molar-refractivity contribution in [2.24, 2.45) is 11.8 Å². The summed E-state index contributed by atoms with van der Waals surface area (Å²) in [5.41, 5.74) is 0.979. The normalized spacial score (nSPS) is 19.4. The molecule has 3 rings (SSSR count). The molecule has 0 saturated carbocycles. The third kappa shape index (κ3) is 6.15. The molecule has 10 heteroatoms. The van der Waals surface area contributed by atoms with Crippen LogP contribution in [0.5, 0.6) is 0 Å². The second-order valence-electron chi connectivity index (χ2n) is 8.92. The average molecular weight is 495 g/mol. The van der Waals surface area contributed by atoms with Gasteiger partial charge in [-0.2, -0.15) is 4.31 Å². The zero-order chi connectivity index (χ0) is 24.9. The fourth-order valence-electron chi connectivity index (χ4n) is 4.36. The average Bonchev–Trinajstić information content (AvgIpc) is 2.84. The molecule has 2 aliphatic heterocycles. The van der Waals surface area contributed by atoms with Crippen molar-refractivity contribution in [1.29, 1.82) is 0 Å². The van der Waals surface area contributed by atoms with Gasteiger partial charge in [0.1, 0.15) is 0 Å². The molecule has 34 heavy (non-hydrogen) atoms. The molecular weight excluding hydrogens is 460 g/mol. The minimum absolute atomic E-state index is 0.205. The van der Waals surface area contributed by atoms with E-state index in [-0.39, 0.29) is 35.8 Å². The first-order valence-electron chi connectivity index (χ1n) is 11.9. The Bertz CT molecular complexity index is 977. The number of sulfonamides is 1. The number of likely N-dealkylation sites (tertiary alicyclic amines) is 1. The van der Waals surface area contributed by atoms with Gasteiger partial charge in [0.2, 0.25) is 10.0 Å². The Morgan fingerprint density at radius 2 is 1.47 bits per heavy atom. The molecule has 1 aromatic rings. The quantitative estimate of drug-likeness (QED) is 0.534. The first-order chi connectivity index (χ1) is 16.1. The SMILES string of the molecule is CCOC(=O)C1CCN(C(=O)[C@@H](C)OC(=O)C2CCN(S(=O)(=O)c3ccc(C)cc3)CC2)CC1. The maximum Gasteiger partial charge on any atom is 0.309 e. The van der Waals surface area contributed by atoms with Crippen molar-refractivity contribution in [3.63, 3.8) is 0 Å². The molecule has 0 N–H and O–H groups in total. The molecule has 0 spiro atoms. The van der Waals surface area contributed by atoms with Crippen LogP contribution in [0.4, 0.5) is 0 Å². The van der Waals surface area contributed by atoms with Crippen LogP contribution >= 0.6 is 0 Å². The molecule has 0 bridgehead atoms. The monoisotopic (exact) mass is 494 g/mol. The van der Waals surface area contributed by atoms with Gasteiger partial charge in [-0.25, -0.2) is 8.42 Å². The molecule has 188 valence electrons. The summed E-state index contributed by atoms with van der Waals surface area (Å²) in [5, 5.41) is 0. The van der Waals surface area contributed by atoms with Crippen LogP contribution in [0.25, 0.3) is 0 Å². The molecule has 0 radical (unpaired) electrons. The highest BCUT2D eigenvalue weighted by molar-refractivity contribution is 7.89. The van der Waals surface area contributed by atoms with E-state index in [0.717, 1.165) is 5.56 Å². The van der Waals surface area contributed by atoms with Crippen LogP contribution in [0.2, 0.25) is 0 Å². The first-order valence-corrected chi connectivity index (χ1v) is 13.3. The number of ether oxygens (including phenoxy) is 2. The van der Waals surface area contributed by atoms with Crippen molar-refractivity contribution < 1.29 is 32.3 Å². The second kappa shape index (κ2) is 11.3. The third-order valence-electron chi connectivity index (χ3n) is 6.51. The Balaban J connectivity index is 1.47. The van der Waals surface area contributed by atoms with Crippen LogP contribution in [0.3, 0.4) is 0 Å². The van der Waals surface area contributed by atoms with E-state index in [1.54, 1.807) is 43.0 Å². The Morgan fingerprint density at radius 1 is 0.941 bits per heavy atom. The Hall–Kier alpha value is -2.46. The smallest absolute Gasteiger partial charge is 0.309 e. The summed E-state index contributed by atoms with van der Waals surface area (Å²) >= 11 is 0. The molecule has 0 aromatic heterocycles. The predicted molar refractivity (Wildman–Crippen MR) is 124 cm³/mol. The number of nitrogens with zero attached hydrogens (tertiary/aromatic N) is 2. The number of benzene rings is 1. The van der Waals surface area contributed by atoms with E-state index in [4.69, 9.17) is 9.47 Å². The Labute approximate surface area is 201 Å². The fraction of sp³-hybridized carbons (Fsp3) is 0.625. The van der Waals surface area contributed by atoms with Gasteiger partial charge in [-0.05, 0) is 58.6 Å². The van der Waals surface area contributed by atoms with Crippen molar-refractivity contribution >= 4 is 27.9 Å². The molecule has 9 nitrogen and oxygen atoms in total. The van der Waals surface area contributed by atoms with Gasteiger partial charge in [0.05, 0.1) is 23.3 Å². The van der Waals surface area contributed by atoms with Gasteiger partial charge in [0.15, 0.2) is 6.10 Å². The minimum Gasteiger partial charge on any atom is -0.466 e. The molecule has 0 aliphatic carbocycles. The van der Waals surface area contributed by atoms with Crippen molar-refractivity contribution in [2.75, 3.05) is 32.8 Å². The van der Waals surface area contributed by atoms with E-state index in [9.17, 15) is 22.8 Å². The van der Waals surface area contributed by atoms with Gasteiger partial charge in [-0.1, -0.05) is 17.7 Å². The molecule has 0 unspecified atom stereocenters. The number of carbonyl (C=O) groups is 3. The maximum absolute atomic E-state index is 12.8. The highest BCUT2D eigenvalue weighted by atomic mass is 32.2. The summed E-state index contributed by atoms with van der Waals surface area (Å²) < 4.78 is 37.6. The van der Waals surface area contributed by atoms with Crippen LogP contribution in [0, 0.1) is 18.8 Å². The van der Waals surface area contributed by atoms with Crippen molar-refractivity contribution in [1.82, 2.24) is 9.21 Å². The van der Waals surface area contributed by atoms with Gasteiger partial charge < -0.3 is 14.4 Å². The standard InChI is InChI=1S/C24H34N2O7S/c1-4-32-23(28)19-9-13-25(14-10-19)22(27)18(3)33-24(29)20-11-15-26(16-12-20)34(30,31)21-7-5-17(2)6-8-21/h5-8,18-20H,4,9-16H2,1-3H3/t18-/m1/s1. The van der Waals surface area contributed by atoms with Crippen molar-refractivity contribution in [3.8, 4) is 0 Å². The summed E-state index contributed by atoms with van der Waals surface area (Å²) in [6.07, 6.45) is 0.810. The number of hydrogen-bond donors (Lipinski definition) is 0. The molecule has 2 aliphatic rings. The fourth-order valence-corrected chi connectivity index (χ4v) is 5.83. The lowest BCUT2D eigenvalue weighted by atomic mass is 9.96. The third-order valence-corrected chi connectivity index (χ3v) is 8.43. The molecule has 1 aromatic carbocycles. The molecule has 2 saturated heterocycles. The zero-order valence-electron chi connectivity index (χ0n) is 20.1. The Kier molecular flexibility index (Phi) is 8.70. The lowest BCUT2D eigenvalue weighted by Gasteiger charge is -2.33. The number of rotatable bonds is 7. The molecule has 1 amide bonds. The predicted octanol–water partition coefficient (Wildman–Crippen LogP) is 2.13. The van der Waals surface area contributed by atoms with E-state index in [1.807, 2.05) is 6.92 Å². The van der Waals surface area contributed by atoms with Gasteiger partial charge in [-0.15, -0.1) is 0 Å². The molecule has 2 heterocycles. The summed E-state index contributed by atoms with van der Waals surface area (Å²) in [6, 6.07) is 6.70. The van der Waals surface area contributed by atoms with Crippen LogP contribution in [0.15, 0.2) is 29.2 Å². The topological polar surface area (TPSA) is 110 Å². The number of piperidine rings is 2. The Morgan fingerprint density at radius 3 is 2.03 bits per heavy atom. The van der Waals surface area contributed by atoms with E-state index >= 15 is 0 Å². The van der Waals surface area contributed by atoms with Crippen molar-refractivity contribution in [3.05, 3.63) is 29.8 Å². The summed E-state index contributed by atoms with van der Waals surface area (Å²) in [5.74, 6) is -1.65. The maximum atomic E-state index is 12.8. The van der Waals surface area contributed by atoms with Crippen LogP contribution in [-0.4, -0.2) is 74.4 Å². The minimum atomic E-state index is -3.61. The second-order valence-corrected chi connectivity index (χ2v) is 10.9. The number of carbonyl (C=O) groups excluding carboxylic acids is 3. The summed E-state index contributed by atoms with van der Waals surface area (Å²) in [7, 11) is -3.61. The largest absolute Gasteiger partial charge is 0.466 e. The molecular formula is C24H34N2O7S. The highest BCUT2D eigenvalue weighted by Crippen LogP contribution is 2.26. The van der Waals surface area contributed by atoms with E-state index in [1.165, 1.54) is 4.31 Å². The summed E-state index contributed by atoms with van der Waals surface area (Å²) in [4.78, 5) is 39.1. The molecule has 2 fully saturated rings. The van der Waals surface area contributed by atoms with E-state index in [2.05, 4.69) is 0 Å². The number of hydrogen-bond acceptors (Lipinski definition) is 7. The number of amides is 1. The van der Waals surface area contributed by atoms with E-state index < -0.39 is 28.0 Å². The van der Waals surface area contributed by atoms with Crippen LogP contribution < -0.4 is 0 Å². The van der Waals surface area contributed by atoms with E-state index in [0.29, 0.717) is 45.4 Å². The van der Waals surface area contributed by atoms with Gasteiger partial charge in [0.25, 0.3) is 5.91 Å². The van der Waals surface area contributed by atoms with Gasteiger partial charge in [0, 0.05) is 26.2 Å². The summed E-state index contributed by atoms with van der Waals surface area (Å²) in [6.45, 7) is 6.82. The highest BCUT2D eigenvalue weighted by Gasteiger charge is 2.35. The molecule has 1 atom stereocenters. The lowest BCUT2D eigenvalue weighted by Crippen LogP contribution is -2.46. The van der Waals surface area contributed by atoms with Crippen molar-refractivity contribution in [2.45, 2.75) is 57.5 Å². The number of aryl methyl sites for hydroxylation is 1. The number of esters is 2. The van der Waals surface area contributed by atoms with Crippen LogP contribution in [0.1, 0.15) is 45.1 Å². The van der Waals surface area contributed by atoms with Crippen LogP contribution in [-0.2, 0) is 33.9 Å². The first kappa shape index (κ1) is 26.2.